The SMILES string of the molecule is CCONC(=O)c1cc(C)nc2cc(Br)ccc12. The number of carbonyl (C=O) groups is 1. The normalized spacial score (nSPS) is 10.6. The van der Waals surface area contributed by atoms with E-state index in [0.717, 1.165) is 21.1 Å². The molecule has 0 bridgehead atoms. The summed E-state index contributed by atoms with van der Waals surface area (Å²) in [6, 6.07) is 7.40. The van der Waals surface area contributed by atoms with E-state index in [1.807, 2.05) is 32.0 Å². The molecule has 0 aliphatic rings. The van der Waals surface area contributed by atoms with Gasteiger partial charge in [0.05, 0.1) is 17.7 Å². The molecule has 1 amide bonds. The molecule has 0 radical (unpaired) electrons. The second-order valence-corrected chi connectivity index (χ2v) is 4.75. The van der Waals surface area contributed by atoms with E-state index in [0.29, 0.717) is 12.2 Å². The number of hydrogen-bond donors (Lipinski definition) is 1. The fourth-order valence-corrected chi connectivity index (χ4v) is 2.06. The molecule has 2 aromatic rings. The van der Waals surface area contributed by atoms with Gasteiger partial charge in [-0.3, -0.25) is 14.6 Å². The zero-order valence-electron chi connectivity index (χ0n) is 10.2. The minimum Gasteiger partial charge on any atom is -0.274 e. The molecule has 0 unspecified atom stereocenters. The zero-order valence-corrected chi connectivity index (χ0v) is 11.7. The van der Waals surface area contributed by atoms with E-state index in [4.69, 9.17) is 4.84 Å². The standard InChI is InChI=1S/C13H13BrN2O2/c1-3-18-16-13(17)11-6-8(2)15-12-7-9(14)4-5-10(11)12/h4-7H,3H2,1-2H3,(H,16,17). The molecule has 0 saturated carbocycles. The van der Waals surface area contributed by atoms with E-state index in [1.165, 1.54) is 0 Å². The van der Waals surface area contributed by atoms with Crippen molar-refractivity contribution in [2.75, 3.05) is 6.61 Å². The zero-order chi connectivity index (χ0) is 13.1. The molecule has 2 rings (SSSR count). The third kappa shape index (κ3) is 2.68. The lowest BCUT2D eigenvalue weighted by Gasteiger charge is -2.08. The minimum atomic E-state index is -0.255. The minimum absolute atomic E-state index is 0.255. The van der Waals surface area contributed by atoms with Crippen LogP contribution in [0.1, 0.15) is 23.0 Å². The number of nitrogens with one attached hydrogen (secondary N) is 1. The van der Waals surface area contributed by atoms with Crippen molar-refractivity contribution in [3.05, 3.63) is 40.0 Å². The van der Waals surface area contributed by atoms with Gasteiger partial charge >= 0.3 is 0 Å². The summed E-state index contributed by atoms with van der Waals surface area (Å²) in [4.78, 5) is 21.3. The average molecular weight is 309 g/mol. The Labute approximate surface area is 113 Å². The van der Waals surface area contributed by atoms with Crippen molar-refractivity contribution in [3.63, 3.8) is 0 Å². The number of halogens is 1. The molecular formula is C13H13BrN2O2. The van der Waals surface area contributed by atoms with Crippen LogP contribution in [0.2, 0.25) is 0 Å². The Morgan fingerprint density at radius 1 is 1.44 bits per heavy atom. The summed E-state index contributed by atoms with van der Waals surface area (Å²) in [6.45, 7) is 4.10. The number of amides is 1. The summed E-state index contributed by atoms with van der Waals surface area (Å²) in [5, 5.41) is 0.806. The van der Waals surface area contributed by atoms with Crippen molar-refractivity contribution < 1.29 is 9.63 Å². The van der Waals surface area contributed by atoms with E-state index in [-0.39, 0.29) is 5.91 Å². The number of aryl methyl sites for hydroxylation is 1. The fraction of sp³-hybridized carbons (Fsp3) is 0.231. The topological polar surface area (TPSA) is 51.2 Å². The third-order valence-corrected chi connectivity index (χ3v) is 2.95. The molecule has 0 fully saturated rings. The van der Waals surface area contributed by atoms with Crippen LogP contribution >= 0.6 is 15.9 Å². The van der Waals surface area contributed by atoms with Crippen LogP contribution in [0.3, 0.4) is 0 Å². The first kappa shape index (κ1) is 13.0. The van der Waals surface area contributed by atoms with Crippen LogP contribution in [0.25, 0.3) is 10.9 Å². The van der Waals surface area contributed by atoms with Crippen LogP contribution < -0.4 is 5.48 Å². The lowest BCUT2D eigenvalue weighted by atomic mass is 10.1. The molecule has 0 saturated heterocycles. The predicted octanol–water partition coefficient (Wildman–Crippen LogP) is 2.99. The molecular weight excluding hydrogens is 296 g/mol. The molecule has 1 heterocycles. The van der Waals surface area contributed by atoms with E-state index in [1.54, 1.807) is 6.07 Å². The van der Waals surface area contributed by atoms with E-state index < -0.39 is 0 Å². The predicted molar refractivity (Wildman–Crippen MR) is 73.3 cm³/mol. The number of nitrogens with zero attached hydrogens (tertiary/aromatic N) is 1. The Balaban J connectivity index is 2.52. The summed E-state index contributed by atoms with van der Waals surface area (Å²) in [7, 11) is 0. The van der Waals surface area contributed by atoms with Crippen LogP contribution in [0.5, 0.6) is 0 Å². The molecule has 0 atom stereocenters. The van der Waals surface area contributed by atoms with Gasteiger partial charge in [0.15, 0.2) is 0 Å². The van der Waals surface area contributed by atoms with Gasteiger partial charge in [-0.15, -0.1) is 0 Å². The largest absolute Gasteiger partial charge is 0.275 e. The van der Waals surface area contributed by atoms with Gasteiger partial charge in [-0.1, -0.05) is 22.0 Å². The third-order valence-electron chi connectivity index (χ3n) is 2.45. The summed E-state index contributed by atoms with van der Waals surface area (Å²) >= 11 is 3.40. The number of hydrogen-bond acceptors (Lipinski definition) is 3. The highest BCUT2D eigenvalue weighted by molar-refractivity contribution is 9.10. The molecule has 0 aliphatic heterocycles. The maximum atomic E-state index is 12.0. The first-order valence-electron chi connectivity index (χ1n) is 5.61. The fourth-order valence-electron chi connectivity index (χ4n) is 1.71. The number of hydroxylamine groups is 1. The number of carbonyl (C=O) groups excluding carboxylic acids is 1. The number of benzene rings is 1. The van der Waals surface area contributed by atoms with Crippen LogP contribution in [0, 0.1) is 6.92 Å². The molecule has 1 aromatic heterocycles. The van der Waals surface area contributed by atoms with Gasteiger partial charge in [0, 0.05) is 15.6 Å². The van der Waals surface area contributed by atoms with Crippen molar-refractivity contribution in [2.24, 2.45) is 0 Å². The Kier molecular flexibility index (Phi) is 3.93. The highest BCUT2D eigenvalue weighted by Crippen LogP contribution is 2.22. The van der Waals surface area contributed by atoms with Crippen molar-refractivity contribution >= 4 is 32.7 Å². The summed E-state index contributed by atoms with van der Waals surface area (Å²) in [5.74, 6) is -0.255. The summed E-state index contributed by atoms with van der Waals surface area (Å²) < 4.78 is 0.935. The van der Waals surface area contributed by atoms with Crippen LogP contribution in [0.4, 0.5) is 0 Å². The van der Waals surface area contributed by atoms with Crippen LogP contribution in [-0.2, 0) is 4.84 Å². The molecule has 5 heteroatoms. The van der Waals surface area contributed by atoms with Gasteiger partial charge in [0.1, 0.15) is 0 Å². The first-order valence-corrected chi connectivity index (χ1v) is 6.40. The molecule has 4 nitrogen and oxygen atoms in total. The van der Waals surface area contributed by atoms with Crippen molar-refractivity contribution in [1.82, 2.24) is 10.5 Å². The quantitative estimate of drug-likeness (QED) is 0.887. The maximum absolute atomic E-state index is 12.0. The van der Waals surface area contributed by atoms with Gasteiger partial charge in [0.2, 0.25) is 0 Å². The lowest BCUT2D eigenvalue weighted by molar-refractivity contribution is 0.0366. The molecule has 94 valence electrons. The second-order valence-electron chi connectivity index (χ2n) is 3.84. The average Bonchev–Trinajstić information content (AvgIpc) is 2.34. The van der Waals surface area contributed by atoms with Crippen LogP contribution in [0.15, 0.2) is 28.7 Å². The molecule has 1 N–H and O–H groups in total. The Morgan fingerprint density at radius 2 is 2.22 bits per heavy atom. The highest BCUT2D eigenvalue weighted by atomic mass is 79.9. The Bertz CT molecular complexity index is 594. The van der Waals surface area contributed by atoms with Crippen molar-refractivity contribution in [2.45, 2.75) is 13.8 Å². The van der Waals surface area contributed by atoms with Crippen molar-refractivity contribution in [1.29, 1.82) is 0 Å². The number of aromatic nitrogens is 1. The molecule has 0 spiro atoms. The van der Waals surface area contributed by atoms with Gasteiger partial charge in [-0.25, -0.2) is 5.48 Å². The summed E-state index contributed by atoms with van der Waals surface area (Å²) in [5.41, 5.74) is 4.55. The number of fused-ring (bicyclic) bond motifs is 1. The van der Waals surface area contributed by atoms with Crippen LogP contribution in [-0.4, -0.2) is 17.5 Å². The second kappa shape index (κ2) is 5.46. The van der Waals surface area contributed by atoms with Crippen molar-refractivity contribution in [3.8, 4) is 0 Å². The van der Waals surface area contributed by atoms with Gasteiger partial charge in [-0.05, 0) is 32.0 Å². The smallest absolute Gasteiger partial charge is 0.274 e. The Hall–Kier alpha value is -1.46. The Morgan fingerprint density at radius 3 is 2.94 bits per heavy atom. The van der Waals surface area contributed by atoms with Gasteiger partial charge < -0.3 is 0 Å². The molecule has 1 aromatic carbocycles. The van der Waals surface area contributed by atoms with Gasteiger partial charge in [0.25, 0.3) is 5.91 Å². The number of rotatable bonds is 3. The van der Waals surface area contributed by atoms with E-state index in [9.17, 15) is 4.79 Å². The monoisotopic (exact) mass is 308 g/mol. The maximum Gasteiger partial charge on any atom is 0.275 e. The number of pyridine rings is 1. The first-order chi connectivity index (χ1) is 8.61. The van der Waals surface area contributed by atoms with E-state index >= 15 is 0 Å². The van der Waals surface area contributed by atoms with E-state index in [2.05, 4.69) is 26.4 Å². The highest BCUT2D eigenvalue weighted by Gasteiger charge is 2.12. The molecule has 0 aliphatic carbocycles. The van der Waals surface area contributed by atoms with Gasteiger partial charge in [-0.2, -0.15) is 0 Å². The summed E-state index contributed by atoms with van der Waals surface area (Å²) in [6.07, 6.45) is 0. The molecule has 18 heavy (non-hydrogen) atoms. The lowest BCUT2D eigenvalue weighted by Crippen LogP contribution is -2.24.